The molecule has 0 amide bonds. The van der Waals surface area contributed by atoms with Crippen LogP contribution in [0.5, 0.6) is 0 Å². The Hall–Kier alpha value is -0.530. The fraction of sp³-hybridized carbons (Fsp3) is 0.778. The lowest BCUT2D eigenvalue weighted by Crippen LogP contribution is -2.06. The predicted octanol–water partition coefficient (Wildman–Crippen LogP) is 5.23. The Balaban J connectivity index is 1.78. The summed E-state index contributed by atoms with van der Waals surface area (Å²) < 4.78 is 5.17. The van der Waals surface area contributed by atoms with Crippen LogP contribution in [0.2, 0.25) is 0 Å². The minimum Gasteiger partial charge on any atom is -0.462 e. The van der Waals surface area contributed by atoms with E-state index < -0.39 is 0 Å². The van der Waals surface area contributed by atoms with E-state index in [2.05, 4.69) is 13.8 Å². The average Bonchev–Trinajstić information content (AvgIpc) is 2.75. The molecule has 0 aromatic carbocycles. The summed E-state index contributed by atoms with van der Waals surface area (Å²) in [6.45, 7) is 5.92. The number of cyclic esters (lactones) is 1. The van der Waals surface area contributed by atoms with Crippen LogP contribution >= 0.6 is 0 Å². The van der Waals surface area contributed by atoms with Crippen LogP contribution in [0.3, 0.4) is 0 Å². The van der Waals surface area contributed by atoms with E-state index in [0.717, 1.165) is 12.8 Å². The molecule has 0 aliphatic carbocycles. The van der Waals surface area contributed by atoms with Crippen molar-refractivity contribution in [3.05, 3.63) is 19.3 Å². The summed E-state index contributed by atoms with van der Waals surface area (Å²) in [5.41, 5.74) is 0. The molecule has 20 heavy (non-hydrogen) atoms. The molecule has 0 bridgehead atoms. The lowest BCUT2D eigenvalue weighted by atomic mass is 10.0. The molecule has 1 atom stereocenters. The fourth-order valence-corrected chi connectivity index (χ4v) is 2.69. The summed E-state index contributed by atoms with van der Waals surface area (Å²) in [5.74, 6) is 0.288. The van der Waals surface area contributed by atoms with Crippen molar-refractivity contribution in [2.45, 2.75) is 90.1 Å². The Morgan fingerprint density at radius 3 is 1.90 bits per heavy atom. The van der Waals surface area contributed by atoms with Gasteiger partial charge in [0, 0.05) is 6.42 Å². The summed E-state index contributed by atoms with van der Waals surface area (Å²) >= 11 is 0. The van der Waals surface area contributed by atoms with Crippen molar-refractivity contribution in [1.82, 2.24) is 0 Å². The third kappa shape index (κ3) is 7.91. The van der Waals surface area contributed by atoms with Gasteiger partial charge in [-0.3, -0.25) is 4.79 Å². The second-order valence-corrected chi connectivity index (χ2v) is 5.96. The molecule has 1 unspecified atom stereocenters. The standard InChI is InChI=1S/C18H31O2/c1-3-4-5-6-7-8-9-10-11-12-13-14-17-15-16(2)18(19)20-17/h15,17H,2-14H2,1H3. The average molecular weight is 279 g/mol. The quantitative estimate of drug-likeness (QED) is 0.361. The Kier molecular flexibility index (Phi) is 9.78. The second kappa shape index (κ2) is 11.2. The van der Waals surface area contributed by atoms with E-state index in [0.29, 0.717) is 5.92 Å². The van der Waals surface area contributed by atoms with Crippen molar-refractivity contribution in [3.8, 4) is 0 Å². The molecule has 2 heteroatoms. The molecule has 0 spiro atoms. The first-order valence-corrected chi connectivity index (χ1v) is 8.48. The third-order valence-electron chi connectivity index (χ3n) is 4.00. The third-order valence-corrected chi connectivity index (χ3v) is 4.00. The van der Waals surface area contributed by atoms with Crippen molar-refractivity contribution in [3.63, 3.8) is 0 Å². The van der Waals surface area contributed by atoms with Crippen LogP contribution in [0.15, 0.2) is 0 Å². The van der Waals surface area contributed by atoms with Gasteiger partial charge in [0.2, 0.25) is 0 Å². The molecule has 0 N–H and O–H groups in total. The molecule has 0 saturated carbocycles. The lowest BCUT2D eigenvalue weighted by molar-refractivity contribution is -0.139. The Labute approximate surface area is 125 Å². The van der Waals surface area contributed by atoms with Gasteiger partial charge < -0.3 is 4.74 Å². The molecule has 1 aliphatic rings. The maximum atomic E-state index is 11.1. The minimum absolute atomic E-state index is 0.00596. The second-order valence-electron chi connectivity index (χ2n) is 5.96. The molecule has 1 rings (SSSR count). The van der Waals surface area contributed by atoms with E-state index in [9.17, 15) is 4.79 Å². The van der Waals surface area contributed by atoms with E-state index >= 15 is 0 Å². The summed E-state index contributed by atoms with van der Waals surface area (Å²) in [5, 5.41) is 0. The molecule has 0 aromatic heterocycles. The van der Waals surface area contributed by atoms with Crippen LogP contribution in [0.4, 0.5) is 0 Å². The minimum atomic E-state index is -0.238. The first-order chi connectivity index (χ1) is 9.74. The van der Waals surface area contributed by atoms with Gasteiger partial charge in [-0.15, -0.1) is 0 Å². The first kappa shape index (κ1) is 17.5. The van der Waals surface area contributed by atoms with Gasteiger partial charge in [-0.05, 0) is 19.8 Å². The van der Waals surface area contributed by atoms with E-state index in [4.69, 9.17) is 4.74 Å². The number of esters is 1. The SMILES string of the molecule is [CH2][C]1[CH]C(CCCCCCCCCCCCC)OC1=O. The smallest absolute Gasteiger partial charge is 0.313 e. The van der Waals surface area contributed by atoms with E-state index in [-0.39, 0.29) is 12.1 Å². The molecule has 1 heterocycles. The molecule has 1 aliphatic heterocycles. The van der Waals surface area contributed by atoms with Gasteiger partial charge in [0.25, 0.3) is 0 Å². The lowest BCUT2D eigenvalue weighted by Gasteiger charge is -2.08. The highest BCUT2D eigenvalue weighted by Gasteiger charge is 2.31. The van der Waals surface area contributed by atoms with E-state index in [1.807, 2.05) is 6.42 Å². The van der Waals surface area contributed by atoms with Gasteiger partial charge in [-0.1, -0.05) is 71.1 Å². The highest BCUT2D eigenvalue weighted by molar-refractivity contribution is 5.90. The van der Waals surface area contributed by atoms with Crippen LogP contribution in [0, 0.1) is 19.3 Å². The highest BCUT2D eigenvalue weighted by Crippen LogP contribution is 2.24. The van der Waals surface area contributed by atoms with Gasteiger partial charge in [-0.25, -0.2) is 0 Å². The number of carbonyl (C=O) groups is 1. The van der Waals surface area contributed by atoms with Gasteiger partial charge >= 0.3 is 5.97 Å². The molecular weight excluding hydrogens is 248 g/mol. The molecule has 0 aromatic rings. The number of hydrogen-bond donors (Lipinski definition) is 0. The molecule has 1 fully saturated rings. The van der Waals surface area contributed by atoms with Crippen molar-refractivity contribution in [1.29, 1.82) is 0 Å². The van der Waals surface area contributed by atoms with Gasteiger partial charge in [0.1, 0.15) is 6.10 Å². The Bertz CT molecular complexity index is 250. The Morgan fingerprint density at radius 2 is 1.45 bits per heavy atom. The number of ether oxygens (including phenoxy) is 1. The van der Waals surface area contributed by atoms with E-state index in [1.54, 1.807) is 0 Å². The van der Waals surface area contributed by atoms with Gasteiger partial charge in [-0.2, -0.15) is 0 Å². The summed E-state index contributed by atoms with van der Waals surface area (Å²) in [4.78, 5) is 11.1. The van der Waals surface area contributed by atoms with Gasteiger partial charge in [0.15, 0.2) is 0 Å². The zero-order valence-electron chi connectivity index (χ0n) is 13.2. The monoisotopic (exact) mass is 279 g/mol. The molecule has 3 radical (unpaired) electrons. The van der Waals surface area contributed by atoms with Crippen LogP contribution in [-0.2, 0) is 9.53 Å². The van der Waals surface area contributed by atoms with Crippen LogP contribution in [0.25, 0.3) is 0 Å². The van der Waals surface area contributed by atoms with E-state index in [1.165, 1.54) is 64.2 Å². The molecule has 2 nitrogen and oxygen atoms in total. The van der Waals surface area contributed by atoms with Crippen molar-refractivity contribution >= 4 is 5.97 Å². The van der Waals surface area contributed by atoms with Crippen molar-refractivity contribution in [2.24, 2.45) is 0 Å². The zero-order valence-corrected chi connectivity index (χ0v) is 13.2. The zero-order chi connectivity index (χ0) is 14.6. The fourth-order valence-electron chi connectivity index (χ4n) is 2.69. The molecule has 1 saturated heterocycles. The van der Waals surface area contributed by atoms with Gasteiger partial charge in [0.05, 0.1) is 5.92 Å². The van der Waals surface area contributed by atoms with Crippen LogP contribution < -0.4 is 0 Å². The topological polar surface area (TPSA) is 26.3 Å². The summed E-state index contributed by atoms with van der Waals surface area (Å²) in [6.07, 6.45) is 17.7. The largest absolute Gasteiger partial charge is 0.462 e. The maximum absolute atomic E-state index is 11.1. The molecule has 115 valence electrons. The normalized spacial score (nSPS) is 19.5. The Morgan fingerprint density at radius 1 is 0.950 bits per heavy atom. The predicted molar refractivity (Wildman–Crippen MR) is 83.9 cm³/mol. The number of rotatable bonds is 12. The van der Waals surface area contributed by atoms with Crippen LogP contribution in [0.1, 0.15) is 84.0 Å². The highest BCUT2D eigenvalue weighted by atomic mass is 16.5. The number of hydrogen-bond acceptors (Lipinski definition) is 2. The summed E-state index contributed by atoms with van der Waals surface area (Å²) in [6, 6.07) is 0. The first-order valence-electron chi connectivity index (χ1n) is 8.48. The number of carbonyl (C=O) groups excluding carboxylic acids is 1. The maximum Gasteiger partial charge on any atom is 0.313 e. The number of unbranched alkanes of at least 4 members (excludes halogenated alkanes) is 10. The van der Waals surface area contributed by atoms with Crippen LogP contribution in [-0.4, -0.2) is 12.1 Å². The summed E-state index contributed by atoms with van der Waals surface area (Å²) in [7, 11) is 0. The van der Waals surface area contributed by atoms with Crippen molar-refractivity contribution < 1.29 is 9.53 Å². The molecular formula is C18H31O2. The van der Waals surface area contributed by atoms with Crippen molar-refractivity contribution in [2.75, 3.05) is 0 Å².